The summed E-state index contributed by atoms with van der Waals surface area (Å²) in [4.78, 5) is 6.39. The fraction of sp³-hybridized carbons (Fsp3) is 0.684. The lowest BCUT2D eigenvalue weighted by molar-refractivity contribution is -0.180. The summed E-state index contributed by atoms with van der Waals surface area (Å²) < 4.78 is 0. The summed E-state index contributed by atoms with van der Waals surface area (Å²) in [5, 5.41) is 2.38. The van der Waals surface area contributed by atoms with Gasteiger partial charge in [0.15, 0.2) is 0 Å². The lowest BCUT2D eigenvalue weighted by Gasteiger charge is -2.43. The first kappa shape index (κ1) is 13.8. The quantitative estimate of drug-likeness (QED) is 0.730. The number of hydrogen-bond donors (Lipinski definition) is 0. The molecule has 21 heavy (non-hydrogen) atoms. The molecule has 1 spiro atoms. The third kappa shape index (κ3) is 2.53. The van der Waals surface area contributed by atoms with Gasteiger partial charge in [-0.2, -0.15) is 5.06 Å². The van der Waals surface area contributed by atoms with Crippen molar-refractivity contribution in [2.75, 3.05) is 6.54 Å². The van der Waals surface area contributed by atoms with Crippen LogP contribution >= 0.6 is 0 Å². The maximum Gasteiger partial charge on any atom is 0.106 e. The van der Waals surface area contributed by atoms with Gasteiger partial charge in [0, 0.05) is 12.6 Å². The van der Waals surface area contributed by atoms with E-state index in [1.165, 1.54) is 63.4 Å². The van der Waals surface area contributed by atoms with E-state index in [0.29, 0.717) is 11.5 Å². The van der Waals surface area contributed by atoms with Crippen molar-refractivity contribution in [1.82, 2.24) is 5.06 Å². The van der Waals surface area contributed by atoms with Crippen LogP contribution in [0.5, 0.6) is 0 Å². The predicted octanol–water partition coefficient (Wildman–Crippen LogP) is 4.87. The highest BCUT2D eigenvalue weighted by Crippen LogP contribution is 2.52. The molecule has 2 saturated heterocycles. The fourth-order valence-corrected chi connectivity index (χ4v) is 4.98. The third-order valence-electron chi connectivity index (χ3n) is 6.08. The van der Waals surface area contributed by atoms with Crippen molar-refractivity contribution in [2.45, 2.75) is 69.9 Å². The van der Waals surface area contributed by atoms with Gasteiger partial charge in [0.2, 0.25) is 0 Å². The first-order chi connectivity index (χ1) is 10.4. The highest BCUT2D eigenvalue weighted by Gasteiger charge is 2.49. The van der Waals surface area contributed by atoms with Crippen LogP contribution in [0.15, 0.2) is 30.3 Å². The lowest BCUT2D eigenvalue weighted by Crippen LogP contribution is -2.43. The summed E-state index contributed by atoms with van der Waals surface area (Å²) in [6.45, 7) is 1.13. The van der Waals surface area contributed by atoms with Crippen LogP contribution in [0.25, 0.3) is 0 Å². The zero-order chi connectivity index (χ0) is 14.1. The minimum absolute atomic E-state index is 0.285. The van der Waals surface area contributed by atoms with Crippen LogP contribution in [0.3, 0.4) is 0 Å². The molecule has 0 bridgehead atoms. The van der Waals surface area contributed by atoms with E-state index in [2.05, 4.69) is 35.4 Å². The van der Waals surface area contributed by atoms with Crippen molar-refractivity contribution >= 4 is 0 Å². The molecule has 4 rings (SSSR count). The predicted molar refractivity (Wildman–Crippen MR) is 84.7 cm³/mol. The molecular weight excluding hydrogens is 258 g/mol. The molecule has 2 aliphatic heterocycles. The van der Waals surface area contributed by atoms with Gasteiger partial charge in [-0.25, -0.2) is 0 Å². The number of rotatable bonds is 1. The number of hydrogen-bond acceptors (Lipinski definition) is 2. The number of fused-ring (bicyclic) bond motifs is 2. The van der Waals surface area contributed by atoms with Crippen molar-refractivity contribution in [3.63, 3.8) is 0 Å². The highest BCUT2D eigenvalue weighted by molar-refractivity contribution is 5.19. The first-order valence-corrected chi connectivity index (χ1v) is 8.86. The topological polar surface area (TPSA) is 12.5 Å². The van der Waals surface area contributed by atoms with E-state index in [1.807, 2.05) is 0 Å². The van der Waals surface area contributed by atoms with Crippen molar-refractivity contribution in [2.24, 2.45) is 5.41 Å². The molecule has 2 heteroatoms. The van der Waals surface area contributed by atoms with Crippen molar-refractivity contribution in [1.29, 1.82) is 0 Å². The molecule has 1 aromatic carbocycles. The van der Waals surface area contributed by atoms with E-state index < -0.39 is 0 Å². The van der Waals surface area contributed by atoms with Gasteiger partial charge in [-0.1, -0.05) is 56.0 Å². The van der Waals surface area contributed by atoms with Crippen LogP contribution in [-0.2, 0) is 4.84 Å². The Balaban J connectivity index is 1.59. The SMILES string of the molecule is c1ccc([C@H]2C[C@H]3N(CCCCC34CCCCC4)O2)cc1. The molecule has 114 valence electrons. The Labute approximate surface area is 128 Å². The second-order valence-corrected chi connectivity index (χ2v) is 7.28. The van der Waals surface area contributed by atoms with E-state index >= 15 is 0 Å². The fourth-order valence-electron chi connectivity index (χ4n) is 4.98. The Hall–Kier alpha value is -0.860. The number of benzene rings is 1. The second kappa shape index (κ2) is 5.73. The van der Waals surface area contributed by atoms with Gasteiger partial charge < -0.3 is 0 Å². The van der Waals surface area contributed by atoms with E-state index in [9.17, 15) is 0 Å². The monoisotopic (exact) mass is 285 g/mol. The average molecular weight is 285 g/mol. The Morgan fingerprint density at radius 2 is 1.62 bits per heavy atom. The van der Waals surface area contributed by atoms with Crippen LogP contribution in [0.2, 0.25) is 0 Å². The van der Waals surface area contributed by atoms with Crippen LogP contribution in [0.1, 0.15) is 69.5 Å². The molecule has 2 atom stereocenters. The molecule has 0 amide bonds. The van der Waals surface area contributed by atoms with E-state index in [0.717, 1.165) is 6.54 Å². The summed E-state index contributed by atoms with van der Waals surface area (Å²) in [7, 11) is 0. The van der Waals surface area contributed by atoms with Gasteiger partial charge in [0.1, 0.15) is 6.10 Å². The van der Waals surface area contributed by atoms with Gasteiger partial charge in [-0.3, -0.25) is 4.84 Å². The molecular formula is C19H27NO. The molecule has 2 nitrogen and oxygen atoms in total. The van der Waals surface area contributed by atoms with Crippen molar-refractivity contribution in [3.05, 3.63) is 35.9 Å². The smallest absolute Gasteiger partial charge is 0.106 e. The molecule has 1 saturated carbocycles. The molecule has 0 N–H and O–H groups in total. The molecule has 0 unspecified atom stereocenters. The summed E-state index contributed by atoms with van der Waals surface area (Å²) >= 11 is 0. The number of nitrogens with zero attached hydrogens (tertiary/aromatic N) is 1. The number of hydroxylamine groups is 2. The maximum absolute atomic E-state index is 6.39. The first-order valence-electron chi connectivity index (χ1n) is 8.86. The van der Waals surface area contributed by atoms with Crippen molar-refractivity contribution < 1.29 is 4.84 Å². The lowest BCUT2D eigenvalue weighted by atomic mass is 9.65. The van der Waals surface area contributed by atoms with Crippen LogP contribution in [0.4, 0.5) is 0 Å². The van der Waals surface area contributed by atoms with Crippen LogP contribution < -0.4 is 0 Å². The highest BCUT2D eigenvalue weighted by atomic mass is 16.7. The van der Waals surface area contributed by atoms with E-state index in [-0.39, 0.29) is 6.10 Å². The standard InChI is InChI=1S/C19H27NO/c1-3-9-16(10-4-1)17-15-18-19(11-5-2-6-12-19)13-7-8-14-20(18)21-17/h1,3-4,9-10,17-18H,2,5-8,11-15H2/t17-,18-/m1/s1. The molecule has 3 aliphatic rings. The largest absolute Gasteiger partial charge is 0.291 e. The Morgan fingerprint density at radius 3 is 2.38 bits per heavy atom. The second-order valence-electron chi connectivity index (χ2n) is 7.28. The molecule has 1 aromatic rings. The minimum Gasteiger partial charge on any atom is -0.291 e. The third-order valence-corrected chi connectivity index (χ3v) is 6.08. The van der Waals surface area contributed by atoms with Crippen molar-refractivity contribution in [3.8, 4) is 0 Å². The normalized spacial score (nSPS) is 32.8. The summed E-state index contributed by atoms with van der Waals surface area (Å²) in [5.41, 5.74) is 1.91. The molecule has 1 aliphatic carbocycles. The van der Waals surface area contributed by atoms with Crippen LogP contribution in [-0.4, -0.2) is 17.6 Å². The van der Waals surface area contributed by atoms with Gasteiger partial charge in [-0.15, -0.1) is 0 Å². The molecule has 3 fully saturated rings. The molecule has 0 radical (unpaired) electrons. The molecule has 0 aromatic heterocycles. The minimum atomic E-state index is 0.285. The Kier molecular flexibility index (Phi) is 3.76. The van der Waals surface area contributed by atoms with Crippen LogP contribution in [0, 0.1) is 5.41 Å². The summed E-state index contributed by atoms with van der Waals surface area (Å²) in [6.07, 6.45) is 12.8. The molecule has 2 heterocycles. The Morgan fingerprint density at radius 1 is 0.905 bits per heavy atom. The van der Waals surface area contributed by atoms with Gasteiger partial charge in [0.05, 0.1) is 0 Å². The zero-order valence-electron chi connectivity index (χ0n) is 13.0. The van der Waals surface area contributed by atoms with Gasteiger partial charge in [-0.05, 0) is 43.1 Å². The average Bonchev–Trinajstić information content (AvgIpc) is 2.92. The zero-order valence-corrected chi connectivity index (χ0v) is 13.0. The van der Waals surface area contributed by atoms with E-state index in [4.69, 9.17) is 4.84 Å². The van der Waals surface area contributed by atoms with Gasteiger partial charge in [0.25, 0.3) is 0 Å². The van der Waals surface area contributed by atoms with E-state index in [1.54, 1.807) is 0 Å². The summed E-state index contributed by atoms with van der Waals surface area (Å²) in [5.74, 6) is 0. The maximum atomic E-state index is 6.39. The summed E-state index contributed by atoms with van der Waals surface area (Å²) in [6, 6.07) is 11.5. The Bertz CT molecular complexity index is 466. The van der Waals surface area contributed by atoms with Gasteiger partial charge >= 0.3 is 0 Å².